The van der Waals surface area contributed by atoms with Gasteiger partial charge in [-0.3, -0.25) is 0 Å². The van der Waals surface area contributed by atoms with Crippen molar-refractivity contribution < 1.29 is 0 Å². The minimum atomic E-state index is 0.713. The molecule has 0 aliphatic heterocycles. The van der Waals surface area contributed by atoms with E-state index < -0.39 is 0 Å². The quantitative estimate of drug-likeness (QED) is 0.528. The Kier molecular flexibility index (Phi) is 4.60. The van der Waals surface area contributed by atoms with Crippen molar-refractivity contribution in [2.75, 3.05) is 18.6 Å². The standard InChI is InChI=1S/C12H15N5S2/c1-7-5-8(2)15-12(14-7)19-10-6-9(13-3)16-11(17-10)18-4/h5-6H,1-4H3,(H,13,16,17). The highest BCUT2D eigenvalue weighted by molar-refractivity contribution is 7.99. The first-order chi connectivity index (χ1) is 9.10. The molecule has 0 bridgehead atoms. The van der Waals surface area contributed by atoms with Crippen LogP contribution in [0.5, 0.6) is 0 Å². The Morgan fingerprint density at radius 3 is 2.21 bits per heavy atom. The van der Waals surface area contributed by atoms with Crippen molar-refractivity contribution in [3.63, 3.8) is 0 Å². The molecule has 2 aromatic heterocycles. The van der Waals surface area contributed by atoms with Crippen LogP contribution in [0.25, 0.3) is 0 Å². The first kappa shape index (κ1) is 14.1. The van der Waals surface area contributed by atoms with Crippen LogP contribution < -0.4 is 5.32 Å². The zero-order valence-electron chi connectivity index (χ0n) is 11.3. The van der Waals surface area contributed by atoms with Gasteiger partial charge in [-0.15, -0.1) is 0 Å². The Morgan fingerprint density at radius 1 is 0.947 bits per heavy atom. The number of rotatable bonds is 4. The third-order valence-electron chi connectivity index (χ3n) is 2.28. The van der Waals surface area contributed by atoms with Crippen molar-refractivity contribution in [3.05, 3.63) is 23.5 Å². The van der Waals surface area contributed by atoms with Gasteiger partial charge in [-0.05, 0) is 37.9 Å². The highest BCUT2D eigenvalue weighted by Gasteiger charge is 2.07. The van der Waals surface area contributed by atoms with Crippen LogP contribution in [0.2, 0.25) is 0 Å². The third kappa shape index (κ3) is 3.81. The summed E-state index contributed by atoms with van der Waals surface area (Å²) >= 11 is 2.96. The molecule has 0 radical (unpaired) electrons. The van der Waals surface area contributed by atoms with Gasteiger partial charge in [0.1, 0.15) is 10.8 Å². The molecule has 0 unspecified atom stereocenters. The summed E-state index contributed by atoms with van der Waals surface area (Å²) in [6, 6.07) is 3.85. The molecule has 2 rings (SSSR count). The molecule has 7 heteroatoms. The lowest BCUT2D eigenvalue weighted by atomic mass is 10.4. The van der Waals surface area contributed by atoms with Gasteiger partial charge in [0.05, 0.1) is 0 Å². The Balaban J connectivity index is 2.31. The van der Waals surface area contributed by atoms with Gasteiger partial charge >= 0.3 is 0 Å². The fourth-order valence-electron chi connectivity index (χ4n) is 1.51. The summed E-state index contributed by atoms with van der Waals surface area (Å²) in [6.45, 7) is 3.93. The van der Waals surface area contributed by atoms with Crippen LogP contribution in [0.3, 0.4) is 0 Å². The van der Waals surface area contributed by atoms with Gasteiger partial charge in [-0.25, -0.2) is 19.9 Å². The van der Waals surface area contributed by atoms with E-state index in [0.717, 1.165) is 27.4 Å². The second-order valence-corrected chi connectivity index (χ2v) is 5.62. The lowest BCUT2D eigenvalue weighted by Gasteiger charge is -2.06. The van der Waals surface area contributed by atoms with Crippen LogP contribution in [-0.4, -0.2) is 33.2 Å². The summed E-state index contributed by atoms with van der Waals surface area (Å²) in [4.78, 5) is 17.6. The lowest BCUT2D eigenvalue weighted by Crippen LogP contribution is -1.98. The first-order valence-corrected chi connectivity index (χ1v) is 7.76. The van der Waals surface area contributed by atoms with Crippen molar-refractivity contribution in [2.24, 2.45) is 0 Å². The maximum absolute atomic E-state index is 4.45. The second-order valence-electron chi connectivity index (χ2n) is 3.86. The lowest BCUT2D eigenvalue weighted by molar-refractivity contribution is 0.874. The summed E-state index contributed by atoms with van der Waals surface area (Å²) < 4.78 is 0. The van der Waals surface area contributed by atoms with Gasteiger partial charge < -0.3 is 5.32 Å². The predicted octanol–water partition coefficient (Wildman–Crippen LogP) is 2.80. The van der Waals surface area contributed by atoms with Crippen molar-refractivity contribution in [1.29, 1.82) is 0 Å². The van der Waals surface area contributed by atoms with Crippen molar-refractivity contribution in [3.8, 4) is 0 Å². The molecule has 0 saturated heterocycles. The van der Waals surface area contributed by atoms with Crippen LogP contribution in [0.15, 0.2) is 27.5 Å². The summed E-state index contributed by atoms with van der Waals surface area (Å²) in [5, 5.41) is 5.32. The fourth-order valence-corrected chi connectivity index (χ4v) is 2.81. The second kappa shape index (κ2) is 6.21. The molecule has 2 heterocycles. The largest absolute Gasteiger partial charge is 0.373 e. The predicted molar refractivity (Wildman–Crippen MR) is 79.0 cm³/mol. The Labute approximate surface area is 121 Å². The summed E-state index contributed by atoms with van der Waals surface area (Å²) in [5.74, 6) is 0.797. The monoisotopic (exact) mass is 293 g/mol. The van der Waals surface area contributed by atoms with Crippen LogP contribution in [0, 0.1) is 13.8 Å². The van der Waals surface area contributed by atoms with E-state index in [9.17, 15) is 0 Å². The summed E-state index contributed by atoms with van der Waals surface area (Å²) in [6.07, 6.45) is 1.95. The smallest absolute Gasteiger partial charge is 0.194 e. The Bertz CT molecular complexity index is 546. The minimum Gasteiger partial charge on any atom is -0.373 e. The highest BCUT2D eigenvalue weighted by atomic mass is 32.2. The maximum atomic E-state index is 4.45. The number of nitrogens with one attached hydrogen (secondary N) is 1. The van der Waals surface area contributed by atoms with Crippen LogP contribution >= 0.6 is 23.5 Å². The van der Waals surface area contributed by atoms with Gasteiger partial charge in [-0.2, -0.15) is 0 Å². The summed E-state index contributed by atoms with van der Waals surface area (Å²) in [7, 11) is 1.84. The van der Waals surface area contributed by atoms with Crippen molar-refractivity contribution >= 4 is 29.3 Å². The van der Waals surface area contributed by atoms with E-state index in [0.29, 0.717) is 5.16 Å². The number of anilines is 1. The van der Waals surface area contributed by atoms with Gasteiger partial charge in [0.2, 0.25) is 0 Å². The molecular formula is C12H15N5S2. The number of thioether (sulfide) groups is 1. The van der Waals surface area contributed by atoms with Crippen LogP contribution in [0.4, 0.5) is 5.82 Å². The molecular weight excluding hydrogens is 278 g/mol. The molecule has 0 aromatic carbocycles. The molecule has 0 aliphatic carbocycles. The maximum Gasteiger partial charge on any atom is 0.194 e. The number of hydrogen-bond acceptors (Lipinski definition) is 7. The molecule has 0 fully saturated rings. The molecule has 0 spiro atoms. The number of aryl methyl sites for hydroxylation is 2. The first-order valence-electron chi connectivity index (χ1n) is 5.71. The van der Waals surface area contributed by atoms with E-state index in [1.807, 2.05) is 39.3 Å². The van der Waals surface area contributed by atoms with E-state index in [1.165, 1.54) is 23.5 Å². The molecule has 0 atom stereocenters. The molecule has 1 N–H and O–H groups in total. The third-order valence-corrected chi connectivity index (χ3v) is 3.61. The normalized spacial score (nSPS) is 10.5. The summed E-state index contributed by atoms with van der Waals surface area (Å²) in [5.41, 5.74) is 1.92. The molecule has 0 aliphatic rings. The minimum absolute atomic E-state index is 0.713. The van der Waals surface area contributed by atoms with Gasteiger partial charge in [0, 0.05) is 24.5 Å². The number of hydrogen-bond donors (Lipinski definition) is 1. The topological polar surface area (TPSA) is 63.6 Å². The zero-order chi connectivity index (χ0) is 13.8. The van der Waals surface area contributed by atoms with Crippen LogP contribution in [0.1, 0.15) is 11.4 Å². The average Bonchev–Trinajstić information content (AvgIpc) is 2.37. The highest BCUT2D eigenvalue weighted by Crippen LogP contribution is 2.26. The van der Waals surface area contributed by atoms with E-state index in [2.05, 4.69) is 25.3 Å². The average molecular weight is 293 g/mol. The van der Waals surface area contributed by atoms with E-state index in [-0.39, 0.29) is 0 Å². The fraction of sp³-hybridized carbons (Fsp3) is 0.333. The Morgan fingerprint density at radius 2 is 1.63 bits per heavy atom. The molecule has 0 amide bonds. The van der Waals surface area contributed by atoms with Gasteiger partial charge in [0.15, 0.2) is 10.3 Å². The van der Waals surface area contributed by atoms with Gasteiger partial charge in [0.25, 0.3) is 0 Å². The SMILES string of the molecule is CNc1cc(Sc2nc(C)cc(C)n2)nc(SC)n1. The number of nitrogens with zero attached hydrogens (tertiary/aromatic N) is 4. The van der Waals surface area contributed by atoms with Crippen molar-refractivity contribution in [1.82, 2.24) is 19.9 Å². The molecule has 0 saturated carbocycles. The van der Waals surface area contributed by atoms with Crippen molar-refractivity contribution in [2.45, 2.75) is 29.2 Å². The molecule has 5 nitrogen and oxygen atoms in total. The van der Waals surface area contributed by atoms with E-state index >= 15 is 0 Å². The molecule has 2 aromatic rings. The Hall–Kier alpha value is -1.34. The van der Waals surface area contributed by atoms with Gasteiger partial charge in [-0.1, -0.05) is 11.8 Å². The van der Waals surface area contributed by atoms with E-state index in [1.54, 1.807) is 0 Å². The van der Waals surface area contributed by atoms with E-state index in [4.69, 9.17) is 0 Å². The molecule has 19 heavy (non-hydrogen) atoms. The van der Waals surface area contributed by atoms with Crippen LogP contribution in [-0.2, 0) is 0 Å². The zero-order valence-corrected chi connectivity index (χ0v) is 12.9. The molecule has 100 valence electrons. The number of aromatic nitrogens is 4.